The minimum atomic E-state index is -0.198. The molecule has 0 radical (unpaired) electrons. The number of likely N-dealkylation sites (tertiary alicyclic amines) is 1. The lowest BCUT2D eigenvalue weighted by Crippen LogP contribution is -2.42. The van der Waals surface area contributed by atoms with Crippen LogP contribution < -0.4 is 5.32 Å². The predicted molar refractivity (Wildman–Crippen MR) is 113 cm³/mol. The molecule has 2 aromatic carbocycles. The number of carbonyl (C=O) groups excluding carboxylic acids is 2. The number of halogens is 2. The van der Waals surface area contributed by atoms with E-state index in [-0.39, 0.29) is 35.3 Å². The van der Waals surface area contributed by atoms with Crippen molar-refractivity contribution >= 4 is 40.7 Å². The maximum atomic E-state index is 12.8. The van der Waals surface area contributed by atoms with Crippen LogP contribution in [0.5, 0.6) is 5.75 Å². The number of hydrogen-bond acceptors (Lipinski definition) is 3. The van der Waals surface area contributed by atoms with Gasteiger partial charge in [0, 0.05) is 35.0 Å². The van der Waals surface area contributed by atoms with Gasteiger partial charge in [-0.25, -0.2) is 0 Å². The summed E-state index contributed by atoms with van der Waals surface area (Å²) in [5.74, 6) is -0.0336. The Kier molecular flexibility index (Phi) is 5.70. The molecular formula is C22H22Cl2N2O3. The molecular weight excluding hydrogens is 411 g/mol. The number of rotatable bonds is 4. The highest BCUT2D eigenvalue weighted by atomic mass is 35.5. The fourth-order valence-corrected chi connectivity index (χ4v) is 4.48. The van der Waals surface area contributed by atoms with E-state index in [1.54, 1.807) is 6.07 Å². The number of benzene rings is 2. The number of nitrogens with zero attached hydrogens (tertiary/aromatic N) is 1. The summed E-state index contributed by atoms with van der Waals surface area (Å²) < 4.78 is 0. The number of carbonyl (C=O) groups is 2. The highest BCUT2D eigenvalue weighted by molar-refractivity contribution is 6.31. The molecule has 4 rings (SSSR count). The molecule has 152 valence electrons. The van der Waals surface area contributed by atoms with Crippen LogP contribution in [0, 0.1) is 11.8 Å². The van der Waals surface area contributed by atoms with Gasteiger partial charge in [-0.3, -0.25) is 9.59 Å². The highest BCUT2D eigenvalue weighted by Crippen LogP contribution is 2.50. The number of hydrogen-bond donors (Lipinski definition) is 2. The van der Waals surface area contributed by atoms with Crippen molar-refractivity contribution in [1.82, 2.24) is 4.90 Å². The maximum Gasteiger partial charge on any atom is 0.227 e. The quantitative estimate of drug-likeness (QED) is 0.688. The molecule has 2 amide bonds. The van der Waals surface area contributed by atoms with Gasteiger partial charge in [0.15, 0.2) is 0 Å². The summed E-state index contributed by atoms with van der Waals surface area (Å²) in [5.41, 5.74) is 1.35. The summed E-state index contributed by atoms with van der Waals surface area (Å²) >= 11 is 12.2. The lowest BCUT2D eigenvalue weighted by molar-refractivity contribution is -0.135. The molecule has 1 saturated carbocycles. The normalized spacial score (nSPS) is 21.7. The topological polar surface area (TPSA) is 69.6 Å². The molecule has 2 fully saturated rings. The van der Waals surface area contributed by atoms with Gasteiger partial charge in [0.05, 0.1) is 5.69 Å². The largest absolute Gasteiger partial charge is 0.506 e. The van der Waals surface area contributed by atoms with Crippen LogP contribution in [0.25, 0.3) is 0 Å². The molecule has 2 N–H and O–H groups in total. The summed E-state index contributed by atoms with van der Waals surface area (Å²) in [6.07, 6.45) is 2.03. The number of aromatic hydroxyl groups is 1. The van der Waals surface area contributed by atoms with Gasteiger partial charge in [-0.2, -0.15) is 0 Å². The minimum Gasteiger partial charge on any atom is -0.506 e. The molecule has 2 atom stereocenters. The second-order valence-corrected chi connectivity index (χ2v) is 8.56. The lowest BCUT2D eigenvalue weighted by atomic mass is 9.95. The van der Waals surface area contributed by atoms with E-state index in [1.807, 2.05) is 29.2 Å². The van der Waals surface area contributed by atoms with E-state index in [0.717, 1.165) is 12.0 Å². The molecule has 2 aliphatic rings. The molecule has 1 aliphatic heterocycles. The number of nitrogens with one attached hydrogen (secondary N) is 1. The monoisotopic (exact) mass is 432 g/mol. The first-order valence-electron chi connectivity index (χ1n) is 9.76. The second kappa shape index (κ2) is 8.25. The van der Waals surface area contributed by atoms with Crippen molar-refractivity contribution in [3.63, 3.8) is 0 Å². The first-order chi connectivity index (χ1) is 13.9. The Morgan fingerprint density at radius 3 is 2.52 bits per heavy atom. The Hall–Kier alpha value is -2.24. The van der Waals surface area contributed by atoms with Crippen LogP contribution >= 0.6 is 23.2 Å². The van der Waals surface area contributed by atoms with Crippen molar-refractivity contribution < 1.29 is 14.7 Å². The molecule has 7 heteroatoms. The van der Waals surface area contributed by atoms with Gasteiger partial charge >= 0.3 is 0 Å². The van der Waals surface area contributed by atoms with Gasteiger partial charge in [0.25, 0.3) is 0 Å². The van der Waals surface area contributed by atoms with E-state index in [1.165, 1.54) is 12.1 Å². The van der Waals surface area contributed by atoms with Crippen LogP contribution in [0.4, 0.5) is 5.69 Å². The maximum absolute atomic E-state index is 12.8. The van der Waals surface area contributed by atoms with Crippen molar-refractivity contribution in [2.45, 2.75) is 25.2 Å². The first-order valence-corrected chi connectivity index (χ1v) is 10.5. The molecule has 5 nitrogen and oxygen atoms in total. The van der Waals surface area contributed by atoms with Crippen molar-refractivity contribution in [1.29, 1.82) is 0 Å². The van der Waals surface area contributed by atoms with E-state index < -0.39 is 0 Å². The Labute approximate surface area is 179 Å². The number of amides is 2. The van der Waals surface area contributed by atoms with Gasteiger partial charge in [0.1, 0.15) is 5.75 Å². The number of phenolic OH excluding ortho intramolecular Hbond substituents is 1. The average Bonchev–Trinajstić information content (AvgIpc) is 3.51. The van der Waals surface area contributed by atoms with Crippen LogP contribution in [-0.2, 0) is 9.59 Å². The zero-order valence-electron chi connectivity index (χ0n) is 15.8. The highest BCUT2D eigenvalue weighted by Gasteiger charge is 2.47. The third-order valence-corrected chi connectivity index (χ3v) is 6.39. The van der Waals surface area contributed by atoms with E-state index in [2.05, 4.69) is 5.32 Å². The van der Waals surface area contributed by atoms with E-state index in [0.29, 0.717) is 41.7 Å². The van der Waals surface area contributed by atoms with Crippen molar-refractivity contribution in [2.75, 3.05) is 18.4 Å². The van der Waals surface area contributed by atoms with Crippen molar-refractivity contribution in [3.05, 3.63) is 58.1 Å². The molecule has 1 aliphatic carbocycles. The van der Waals surface area contributed by atoms with E-state index in [9.17, 15) is 14.7 Å². The predicted octanol–water partition coefficient (Wildman–Crippen LogP) is 4.68. The Bertz CT molecular complexity index is 941. The smallest absolute Gasteiger partial charge is 0.227 e. The zero-order chi connectivity index (χ0) is 20.5. The van der Waals surface area contributed by atoms with Crippen LogP contribution in [0.3, 0.4) is 0 Å². The fraction of sp³-hybridized carbons (Fsp3) is 0.364. The summed E-state index contributed by atoms with van der Waals surface area (Å²) in [5, 5.41) is 13.8. The van der Waals surface area contributed by atoms with Gasteiger partial charge in [-0.1, -0.05) is 41.4 Å². The molecule has 29 heavy (non-hydrogen) atoms. The SMILES string of the molecule is O=C(Nc1cc(Cl)ccc1O)C1CCN(C(=O)[C@@H]2C[C@@H]2c2ccccc2Cl)CC1. The number of piperidine rings is 1. The standard InChI is InChI=1S/C22H22Cl2N2O3/c23-14-5-6-20(27)19(11-14)25-21(28)13-7-9-26(10-8-13)22(29)17-12-16(17)15-3-1-2-4-18(15)24/h1-6,11,13,16-17,27H,7-10,12H2,(H,25,28)/t16-,17-/m1/s1. The van der Waals surface area contributed by atoms with E-state index >= 15 is 0 Å². The molecule has 2 aromatic rings. The van der Waals surface area contributed by atoms with Crippen LogP contribution in [0.15, 0.2) is 42.5 Å². The average molecular weight is 433 g/mol. The lowest BCUT2D eigenvalue weighted by Gasteiger charge is -2.31. The third-order valence-electron chi connectivity index (χ3n) is 5.81. The van der Waals surface area contributed by atoms with Gasteiger partial charge in [-0.15, -0.1) is 0 Å². The van der Waals surface area contributed by atoms with Gasteiger partial charge < -0.3 is 15.3 Å². The summed E-state index contributed by atoms with van der Waals surface area (Å²) in [6.45, 7) is 1.12. The van der Waals surface area contributed by atoms with E-state index in [4.69, 9.17) is 23.2 Å². The summed E-state index contributed by atoms with van der Waals surface area (Å²) in [6, 6.07) is 12.2. The van der Waals surface area contributed by atoms with Crippen molar-refractivity contribution in [3.8, 4) is 5.75 Å². The second-order valence-electron chi connectivity index (χ2n) is 7.72. The Morgan fingerprint density at radius 2 is 1.79 bits per heavy atom. The summed E-state index contributed by atoms with van der Waals surface area (Å²) in [4.78, 5) is 27.2. The first kappa shape index (κ1) is 20.0. The van der Waals surface area contributed by atoms with Crippen LogP contribution in [0.2, 0.25) is 10.0 Å². The molecule has 1 saturated heterocycles. The molecule has 0 bridgehead atoms. The molecule has 0 aromatic heterocycles. The number of phenols is 1. The van der Waals surface area contributed by atoms with Crippen molar-refractivity contribution in [2.24, 2.45) is 11.8 Å². The Morgan fingerprint density at radius 1 is 1.07 bits per heavy atom. The fourth-order valence-electron chi connectivity index (χ4n) is 4.03. The minimum absolute atomic E-state index is 0.0105. The van der Waals surface area contributed by atoms with Gasteiger partial charge in [-0.05, 0) is 55.0 Å². The molecule has 0 spiro atoms. The van der Waals surface area contributed by atoms with Crippen LogP contribution in [-0.4, -0.2) is 34.9 Å². The summed E-state index contributed by atoms with van der Waals surface area (Å²) in [7, 11) is 0. The van der Waals surface area contributed by atoms with Crippen LogP contribution in [0.1, 0.15) is 30.7 Å². The molecule has 1 heterocycles. The zero-order valence-corrected chi connectivity index (χ0v) is 17.3. The Balaban J connectivity index is 1.30. The molecule has 0 unspecified atom stereocenters. The van der Waals surface area contributed by atoms with Gasteiger partial charge in [0.2, 0.25) is 11.8 Å². The third kappa shape index (κ3) is 4.36. The number of anilines is 1.